The molecule has 2 unspecified atom stereocenters. The summed E-state index contributed by atoms with van der Waals surface area (Å²) in [7, 11) is 1.47. The van der Waals surface area contributed by atoms with Crippen molar-refractivity contribution in [2.45, 2.75) is 187 Å². The third-order valence-corrected chi connectivity index (χ3v) is 9.94. The lowest BCUT2D eigenvalue weighted by atomic mass is 10.1. The van der Waals surface area contributed by atoms with Crippen LogP contribution in [0.4, 0.5) is 0 Å². The van der Waals surface area contributed by atoms with Crippen molar-refractivity contribution in [1.82, 2.24) is 0 Å². The molecule has 0 aliphatic rings. The number of hydrogen-bond acceptors (Lipinski definition) is 7. The van der Waals surface area contributed by atoms with Gasteiger partial charge < -0.3 is 18.9 Å². The molecule has 0 aromatic heterocycles. The molecule has 0 saturated carbocycles. The summed E-state index contributed by atoms with van der Waals surface area (Å²) in [4.78, 5) is 35.3. The Balaban J connectivity index is 4.39. The zero-order valence-electron chi connectivity index (χ0n) is 34.3. The number of likely N-dealkylation sites (N-methyl/N-ethyl adjacent to an activating group) is 1. The van der Waals surface area contributed by atoms with Crippen LogP contribution >= 0.6 is 7.82 Å². The molecule has 0 aromatic rings. The number of quaternary nitrogens is 1. The van der Waals surface area contributed by atoms with Crippen molar-refractivity contribution in [1.29, 1.82) is 0 Å². The third kappa shape index (κ3) is 38.2. The van der Waals surface area contributed by atoms with Gasteiger partial charge in [0.1, 0.15) is 19.8 Å². The maximum atomic E-state index is 12.6. The number of phosphoric acid groups is 1. The van der Waals surface area contributed by atoms with Gasteiger partial charge in [0.2, 0.25) is 0 Å². The molecule has 306 valence electrons. The van der Waals surface area contributed by atoms with Crippen molar-refractivity contribution >= 4 is 19.8 Å². The van der Waals surface area contributed by atoms with Gasteiger partial charge in [0.25, 0.3) is 0 Å². The smallest absolute Gasteiger partial charge is 0.462 e. The van der Waals surface area contributed by atoms with E-state index in [-0.39, 0.29) is 32.0 Å². The van der Waals surface area contributed by atoms with Crippen LogP contribution in [0, 0.1) is 0 Å². The molecule has 9 nitrogen and oxygen atoms in total. The van der Waals surface area contributed by atoms with Crippen molar-refractivity contribution in [3.8, 4) is 0 Å². The quantitative estimate of drug-likeness (QED) is 0.0218. The fourth-order valence-corrected chi connectivity index (χ4v) is 6.33. The molecule has 10 heteroatoms. The van der Waals surface area contributed by atoms with Crippen molar-refractivity contribution < 1.29 is 42.1 Å². The van der Waals surface area contributed by atoms with Crippen LogP contribution in [-0.4, -0.2) is 74.9 Å². The number of allylic oxidation sites excluding steroid dienone is 4. The number of carbonyl (C=O) groups is 2. The molecule has 0 aromatic carbocycles. The summed E-state index contributed by atoms with van der Waals surface area (Å²) in [6.07, 6.45) is 36.4. The summed E-state index contributed by atoms with van der Waals surface area (Å²) in [5.74, 6) is -0.812. The number of hydrogen-bond donors (Lipinski definition) is 1. The maximum Gasteiger partial charge on any atom is 0.472 e. The minimum absolute atomic E-state index is 0.0304. The largest absolute Gasteiger partial charge is 0.472 e. The highest BCUT2D eigenvalue weighted by molar-refractivity contribution is 7.47. The molecule has 0 heterocycles. The van der Waals surface area contributed by atoms with Gasteiger partial charge in [-0.05, 0) is 64.2 Å². The zero-order chi connectivity index (χ0) is 38.6. The Morgan fingerprint density at radius 1 is 0.577 bits per heavy atom. The first-order chi connectivity index (χ1) is 25.0. The van der Waals surface area contributed by atoms with Gasteiger partial charge in [0.05, 0.1) is 27.7 Å². The lowest BCUT2D eigenvalue weighted by Gasteiger charge is -2.24. The molecule has 0 saturated heterocycles. The highest BCUT2D eigenvalue weighted by atomic mass is 31.2. The zero-order valence-corrected chi connectivity index (χ0v) is 35.2. The van der Waals surface area contributed by atoms with E-state index in [9.17, 15) is 19.0 Å². The van der Waals surface area contributed by atoms with Gasteiger partial charge in [-0.15, -0.1) is 0 Å². The molecule has 2 atom stereocenters. The molecule has 0 radical (unpaired) electrons. The molecule has 0 aliphatic carbocycles. The number of carbonyl (C=O) groups excluding carboxylic acids is 2. The van der Waals surface area contributed by atoms with Gasteiger partial charge in [-0.2, -0.15) is 0 Å². The Hall–Kier alpha value is -1.51. The second kappa shape index (κ2) is 35.2. The first kappa shape index (κ1) is 50.5. The second-order valence-corrected chi connectivity index (χ2v) is 16.8. The Kier molecular flexibility index (Phi) is 34.2. The van der Waals surface area contributed by atoms with Gasteiger partial charge in [0, 0.05) is 12.8 Å². The molecule has 0 aliphatic heterocycles. The lowest BCUT2D eigenvalue weighted by Crippen LogP contribution is -2.37. The molecule has 0 spiro atoms. The molecular formula is C42H81NO8P+. The van der Waals surface area contributed by atoms with Gasteiger partial charge in [0.15, 0.2) is 6.10 Å². The fourth-order valence-electron chi connectivity index (χ4n) is 5.59. The van der Waals surface area contributed by atoms with Crippen LogP contribution in [0.5, 0.6) is 0 Å². The number of unbranched alkanes of at least 4 members (excludes halogenated alkanes) is 20. The summed E-state index contributed by atoms with van der Waals surface area (Å²) >= 11 is 0. The number of phosphoric ester groups is 1. The highest BCUT2D eigenvalue weighted by Crippen LogP contribution is 2.43. The van der Waals surface area contributed by atoms with Gasteiger partial charge in [-0.25, -0.2) is 4.57 Å². The number of ether oxygens (including phenoxy) is 2. The van der Waals surface area contributed by atoms with E-state index in [0.29, 0.717) is 17.4 Å². The lowest BCUT2D eigenvalue weighted by molar-refractivity contribution is -0.870. The van der Waals surface area contributed by atoms with E-state index < -0.39 is 26.5 Å². The maximum absolute atomic E-state index is 12.6. The summed E-state index contributed by atoms with van der Waals surface area (Å²) in [6, 6.07) is 0. The Bertz CT molecular complexity index is 949. The van der Waals surface area contributed by atoms with E-state index in [0.717, 1.165) is 57.8 Å². The SMILES string of the molecule is CCCCCC/C=C\CCCCCCCC(=O)OC(COC(=O)CCCCCCCCC/C=C/CCCCCC)COP(=O)(O)OCC[N+](C)(C)C. The molecule has 0 amide bonds. The molecular weight excluding hydrogens is 677 g/mol. The van der Waals surface area contributed by atoms with Crippen molar-refractivity contribution in [3.63, 3.8) is 0 Å². The Morgan fingerprint density at radius 3 is 1.42 bits per heavy atom. The third-order valence-electron chi connectivity index (χ3n) is 8.95. The number of esters is 2. The van der Waals surface area contributed by atoms with E-state index in [1.165, 1.54) is 89.9 Å². The number of nitrogens with zero attached hydrogens (tertiary/aromatic N) is 1. The minimum Gasteiger partial charge on any atom is -0.462 e. The standard InChI is InChI=1S/C42H80NO8P/c1-6-8-10-12-14-16-18-20-21-23-24-26-28-30-32-34-41(44)48-38-40(39-50-52(46,47)49-37-36-43(3,4)5)51-42(45)35-33-31-29-27-25-22-19-17-15-13-11-9-7-2/h16-19,40H,6-15,20-39H2,1-5H3/p+1/b18-16+,19-17-. The monoisotopic (exact) mass is 759 g/mol. The summed E-state index contributed by atoms with van der Waals surface area (Å²) in [6.45, 7) is 4.38. The average Bonchev–Trinajstić information content (AvgIpc) is 3.09. The van der Waals surface area contributed by atoms with E-state index in [1.807, 2.05) is 21.1 Å². The van der Waals surface area contributed by atoms with Crippen molar-refractivity contribution in [2.24, 2.45) is 0 Å². The van der Waals surface area contributed by atoms with Crippen LogP contribution in [-0.2, 0) is 32.7 Å². The van der Waals surface area contributed by atoms with Crippen LogP contribution in [0.1, 0.15) is 181 Å². The van der Waals surface area contributed by atoms with Gasteiger partial charge in [-0.3, -0.25) is 18.6 Å². The molecule has 1 N–H and O–H groups in total. The molecule has 0 fully saturated rings. The van der Waals surface area contributed by atoms with E-state index in [4.69, 9.17) is 18.5 Å². The highest BCUT2D eigenvalue weighted by Gasteiger charge is 2.27. The topological polar surface area (TPSA) is 108 Å². The predicted octanol–water partition coefficient (Wildman–Crippen LogP) is 11.6. The predicted molar refractivity (Wildman–Crippen MR) is 215 cm³/mol. The Labute approximate surface area is 319 Å². The van der Waals surface area contributed by atoms with Crippen LogP contribution in [0.15, 0.2) is 24.3 Å². The van der Waals surface area contributed by atoms with Gasteiger partial charge in [-0.1, -0.05) is 128 Å². The van der Waals surface area contributed by atoms with E-state index in [1.54, 1.807) is 0 Å². The summed E-state index contributed by atoms with van der Waals surface area (Å²) < 4.78 is 34.2. The second-order valence-electron chi connectivity index (χ2n) is 15.4. The molecule has 52 heavy (non-hydrogen) atoms. The molecule has 0 bridgehead atoms. The summed E-state index contributed by atoms with van der Waals surface area (Å²) in [5.41, 5.74) is 0. The number of rotatable bonds is 38. The summed E-state index contributed by atoms with van der Waals surface area (Å²) in [5, 5.41) is 0. The van der Waals surface area contributed by atoms with Gasteiger partial charge >= 0.3 is 19.8 Å². The fraction of sp³-hybridized carbons (Fsp3) is 0.857. The Morgan fingerprint density at radius 2 is 0.981 bits per heavy atom. The van der Waals surface area contributed by atoms with E-state index in [2.05, 4.69) is 38.2 Å². The van der Waals surface area contributed by atoms with Crippen LogP contribution in [0.25, 0.3) is 0 Å². The van der Waals surface area contributed by atoms with Crippen molar-refractivity contribution in [2.75, 3.05) is 47.5 Å². The first-order valence-corrected chi connectivity index (χ1v) is 22.6. The van der Waals surface area contributed by atoms with Crippen LogP contribution in [0.2, 0.25) is 0 Å². The minimum atomic E-state index is -4.37. The van der Waals surface area contributed by atoms with Crippen LogP contribution < -0.4 is 0 Å². The van der Waals surface area contributed by atoms with Crippen LogP contribution in [0.3, 0.4) is 0 Å². The average molecular weight is 759 g/mol. The first-order valence-electron chi connectivity index (χ1n) is 21.1. The van der Waals surface area contributed by atoms with E-state index >= 15 is 0 Å². The normalized spacial score (nSPS) is 13.9. The molecule has 0 rings (SSSR count). The van der Waals surface area contributed by atoms with Crippen molar-refractivity contribution in [3.05, 3.63) is 24.3 Å².